The third-order valence-corrected chi connectivity index (χ3v) is 4.25. The summed E-state index contributed by atoms with van der Waals surface area (Å²) in [5, 5.41) is 2.75. The van der Waals surface area contributed by atoms with Crippen LogP contribution in [-0.2, 0) is 14.3 Å². The highest BCUT2D eigenvalue weighted by atomic mass is 16.5. The number of benzene rings is 1. The van der Waals surface area contributed by atoms with E-state index in [2.05, 4.69) is 5.32 Å². The van der Waals surface area contributed by atoms with Gasteiger partial charge >= 0.3 is 5.97 Å². The summed E-state index contributed by atoms with van der Waals surface area (Å²) in [6, 6.07) is 5.30. The van der Waals surface area contributed by atoms with Crippen molar-refractivity contribution in [2.75, 3.05) is 6.61 Å². The first-order chi connectivity index (χ1) is 11.9. The van der Waals surface area contributed by atoms with E-state index < -0.39 is 36.3 Å². The molecule has 1 aromatic rings. The van der Waals surface area contributed by atoms with Crippen molar-refractivity contribution in [3.63, 3.8) is 0 Å². The molecule has 1 N–H and O–H groups in total. The van der Waals surface area contributed by atoms with E-state index in [9.17, 15) is 19.2 Å². The van der Waals surface area contributed by atoms with Crippen LogP contribution >= 0.6 is 0 Å². The van der Waals surface area contributed by atoms with Gasteiger partial charge in [-0.2, -0.15) is 0 Å². The summed E-state index contributed by atoms with van der Waals surface area (Å²) in [6.45, 7) is 4.86. The van der Waals surface area contributed by atoms with Crippen LogP contribution in [0.2, 0.25) is 0 Å². The number of ether oxygens (including phenoxy) is 1. The number of amides is 3. The van der Waals surface area contributed by atoms with Gasteiger partial charge in [0.2, 0.25) is 0 Å². The summed E-state index contributed by atoms with van der Waals surface area (Å²) >= 11 is 0. The Bertz CT molecular complexity index is 661. The second-order valence-electron chi connectivity index (χ2n) is 5.89. The van der Waals surface area contributed by atoms with Gasteiger partial charge < -0.3 is 10.1 Å². The lowest BCUT2D eigenvalue weighted by molar-refractivity contribution is -0.152. The van der Waals surface area contributed by atoms with Crippen LogP contribution in [0.4, 0.5) is 0 Å². The van der Waals surface area contributed by atoms with Gasteiger partial charge in [0.15, 0.2) is 6.61 Å². The first kappa shape index (κ1) is 18.6. The maximum Gasteiger partial charge on any atom is 0.329 e. The van der Waals surface area contributed by atoms with Crippen LogP contribution in [0.25, 0.3) is 0 Å². The number of nitrogens with zero attached hydrogens (tertiary/aromatic N) is 1. The number of hydrogen-bond acceptors (Lipinski definition) is 5. The molecule has 0 radical (unpaired) electrons. The van der Waals surface area contributed by atoms with Crippen LogP contribution < -0.4 is 5.32 Å². The fourth-order valence-electron chi connectivity index (χ4n) is 2.68. The molecule has 2 rings (SSSR count). The summed E-state index contributed by atoms with van der Waals surface area (Å²) in [6.07, 6.45) is 1.56. The topological polar surface area (TPSA) is 92.8 Å². The van der Waals surface area contributed by atoms with Crippen LogP contribution in [0.15, 0.2) is 24.3 Å². The Kier molecular flexibility index (Phi) is 5.90. The number of hydrogen-bond donors (Lipinski definition) is 1. The van der Waals surface area contributed by atoms with Crippen LogP contribution in [0, 0.1) is 0 Å². The molecule has 0 bridgehead atoms. The Hall–Kier alpha value is -2.70. The molecule has 0 fully saturated rings. The highest BCUT2D eigenvalue weighted by Gasteiger charge is 2.41. The predicted molar refractivity (Wildman–Crippen MR) is 89.9 cm³/mol. The summed E-state index contributed by atoms with van der Waals surface area (Å²) < 4.78 is 4.97. The van der Waals surface area contributed by atoms with Crippen LogP contribution in [0.1, 0.15) is 54.3 Å². The minimum Gasteiger partial charge on any atom is -0.454 e. The first-order valence-corrected chi connectivity index (χ1v) is 8.33. The van der Waals surface area contributed by atoms with Gasteiger partial charge in [0, 0.05) is 6.04 Å². The fraction of sp³-hybridized carbons (Fsp3) is 0.444. The molecule has 3 amide bonds. The zero-order chi connectivity index (χ0) is 18.6. The Balaban J connectivity index is 1.96. The van der Waals surface area contributed by atoms with Gasteiger partial charge in [-0.25, -0.2) is 4.79 Å². The third-order valence-electron chi connectivity index (χ3n) is 4.25. The van der Waals surface area contributed by atoms with E-state index in [1.165, 1.54) is 19.1 Å². The van der Waals surface area contributed by atoms with E-state index >= 15 is 0 Å². The summed E-state index contributed by atoms with van der Waals surface area (Å²) in [5.41, 5.74) is 0.525. The number of imide groups is 1. The third kappa shape index (κ3) is 3.87. The van der Waals surface area contributed by atoms with Crippen molar-refractivity contribution >= 4 is 23.7 Å². The Morgan fingerprint density at radius 3 is 2.08 bits per heavy atom. The van der Waals surface area contributed by atoms with E-state index in [1.54, 1.807) is 12.1 Å². The SMILES string of the molecule is CCC(CC)NC(=O)COC(=O)[C@H](C)N1C(=O)c2ccccc2C1=O. The van der Waals surface area contributed by atoms with E-state index in [-0.39, 0.29) is 17.2 Å². The molecule has 1 atom stereocenters. The molecule has 0 aromatic heterocycles. The van der Waals surface area contributed by atoms with E-state index in [0.717, 1.165) is 17.7 Å². The van der Waals surface area contributed by atoms with Crippen molar-refractivity contribution in [2.24, 2.45) is 0 Å². The maximum atomic E-state index is 12.3. The number of esters is 1. The smallest absolute Gasteiger partial charge is 0.329 e. The number of fused-ring (bicyclic) bond motifs is 1. The number of nitrogens with one attached hydrogen (secondary N) is 1. The zero-order valence-electron chi connectivity index (χ0n) is 14.6. The van der Waals surface area contributed by atoms with Crippen molar-refractivity contribution < 1.29 is 23.9 Å². The summed E-state index contributed by atoms with van der Waals surface area (Å²) in [4.78, 5) is 49.5. The molecule has 0 saturated carbocycles. The molecule has 0 unspecified atom stereocenters. The lowest BCUT2D eigenvalue weighted by Gasteiger charge is -2.21. The highest BCUT2D eigenvalue weighted by molar-refractivity contribution is 6.22. The van der Waals surface area contributed by atoms with Gasteiger partial charge in [-0.15, -0.1) is 0 Å². The van der Waals surface area contributed by atoms with Gasteiger partial charge in [0.25, 0.3) is 17.7 Å². The molecule has 1 aromatic carbocycles. The Labute approximate surface area is 146 Å². The number of carbonyl (C=O) groups is 4. The van der Waals surface area contributed by atoms with Gasteiger partial charge in [-0.05, 0) is 31.9 Å². The van der Waals surface area contributed by atoms with Crippen molar-refractivity contribution in [1.82, 2.24) is 10.2 Å². The minimum atomic E-state index is -1.10. The second kappa shape index (κ2) is 7.92. The normalized spacial score (nSPS) is 14.5. The molecule has 7 nitrogen and oxygen atoms in total. The minimum absolute atomic E-state index is 0.0277. The monoisotopic (exact) mass is 346 g/mol. The molecule has 1 aliphatic rings. The molecule has 0 saturated heterocycles. The lowest BCUT2D eigenvalue weighted by Crippen LogP contribution is -2.45. The van der Waals surface area contributed by atoms with Gasteiger partial charge in [0.05, 0.1) is 11.1 Å². The molecular weight excluding hydrogens is 324 g/mol. The highest BCUT2D eigenvalue weighted by Crippen LogP contribution is 2.24. The van der Waals surface area contributed by atoms with Crippen molar-refractivity contribution in [3.05, 3.63) is 35.4 Å². The molecule has 1 aliphatic heterocycles. The molecule has 1 heterocycles. The zero-order valence-corrected chi connectivity index (χ0v) is 14.6. The van der Waals surface area contributed by atoms with Crippen LogP contribution in [-0.4, -0.2) is 47.3 Å². The van der Waals surface area contributed by atoms with E-state index in [4.69, 9.17) is 4.74 Å². The van der Waals surface area contributed by atoms with Crippen LogP contribution in [0.3, 0.4) is 0 Å². The molecule has 0 aliphatic carbocycles. The Morgan fingerprint density at radius 1 is 1.08 bits per heavy atom. The maximum absolute atomic E-state index is 12.3. The van der Waals surface area contributed by atoms with Gasteiger partial charge in [-0.1, -0.05) is 26.0 Å². The van der Waals surface area contributed by atoms with Crippen LogP contribution in [0.5, 0.6) is 0 Å². The second-order valence-corrected chi connectivity index (χ2v) is 5.89. The first-order valence-electron chi connectivity index (χ1n) is 8.33. The summed E-state index contributed by atoms with van der Waals surface area (Å²) in [7, 11) is 0. The summed E-state index contributed by atoms with van der Waals surface area (Å²) in [5.74, 6) is -2.27. The standard InChI is InChI=1S/C18H22N2O5/c1-4-12(5-2)19-15(21)10-25-18(24)11(3)20-16(22)13-8-6-7-9-14(13)17(20)23/h6-9,11-12H,4-5,10H2,1-3H3,(H,19,21)/t11-/m0/s1. The van der Waals surface area contributed by atoms with Gasteiger partial charge in [-0.3, -0.25) is 19.3 Å². The largest absolute Gasteiger partial charge is 0.454 e. The quantitative estimate of drug-likeness (QED) is 0.597. The number of rotatable bonds is 7. The van der Waals surface area contributed by atoms with Crippen molar-refractivity contribution in [2.45, 2.75) is 45.7 Å². The van der Waals surface area contributed by atoms with Crippen molar-refractivity contribution in [3.8, 4) is 0 Å². The van der Waals surface area contributed by atoms with E-state index in [0.29, 0.717) is 0 Å². The molecule has 134 valence electrons. The van der Waals surface area contributed by atoms with Gasteiger partial charge in [0.1, 0.15) is 6.04 Å². The fourth-order valence-corrected chi connectivity index (χ4v) is 2.68. The van der Waals surface area contributed by atoms with Crippen molar-refractivity contribution in [1.29, 1.82) is 0 Å². The molecule has 25 heavy (non-hydrogen) atoms. The average molecular weight is 346 g/mol. The predicted octanol–water partition coefficient (Wildman–Crippen LogP) is 1.52. The molecule has 7 heteroatoms. The number of carbonyl (C=O) groups excluding carboxylic acids is 4. The lowest BCUT2D eigenvalue weighted by atomic mass is 10.1. The molecule has 0 spiro atoms. The average Bonchev–Trinajstić information content (AvgIpc) is 2.88. The van der Waals surface area contributed by atoms with E-state index in [1.807, 2.05) is 13.8 Å². The Morgan fingerprint density at radius 2 is 1.60 bits per heavy atom. The molecular formula is C18H22N2O5.